The van der Waals surface area contributed by atoms with E-state index in [-0.39, 0.29) is 16.5 Å². The second kappa shape index (κ2) is 6.82. The third kappa shape index (κ3) is 3.65. The van der Waals surface area contributed by atoms with Gasteiger partial charge in [0.2, 0.25) is 0 Å². The third-order valence-electron chi connectivity index (χ3n) is 3.45. The van der Waals surface area contributed by atoms with E-state index in [1.165, 1.54) is 28.9 Å². The molecule has 2 aromatic carbocycles. The van der Waals surface area contributed by atoms with Gasteiger partial charge in [-0.05, 0) is 37.3 Å². The number of hydrogen-bond acceptors (Lipinski definition) is 2. The van der Waals surface area contributed by atoms with Gasteiger partial charge in [0.05, 0.1) is 10.0 Å². The van der Waals surface area contributed by atoms with Gasteiger partial charge in [0.1, 0.15) is 11.5 Å². The summed E-state index contributed by atoms with van der Waals surface area (Å²) in [5.41, 5.74) is 0.943. The maximum Gasteiger partial charge on any atom is 0.256 e. The molecular formula is C17H11Cl2F2N3O. The predicted molar refractivity (Wildman–Crippen MR) is 92.6 cm³/mol. The summed E-state index contributed by atoms with van der Waals surface area (Å²) in [6.07, 6.45) is 0. The molecule has 128 valence electrons. The lowest BCUT2D eigenvalue weighted by Gasteiger charge is -2.06. The van der Waals surface area contributed by atoms with Crippen molar-refractivity contribution in [1.82, 2.24) is 9.78 Å². The van der Waals surface area contributed by atoms with Crippen LogP contribution in [0.4, 0.5) is 14.6 Å². The molecular weight excluding hydrogens is 371 g/mol. The van der Waals surface area contributed by atoms with Crippen LogP contribution in [-0.4, -0.2) is 15.7 Å². The first kappa shape index (κ1) is 17.4. The van der Waals surface area contributed by atoms with Crippen LogP contribution in [0.5, 0.6) is 0 Å². The van der Waals surface area contributed by atoms with Crippen LogP contribution >= 0.6 is 23.2 Å². The smallest absolute Gasteiger partial charge is 0.256 e. The maximum absolute atomic E-state index is 13.9. The largest absolute Gasteiger partial charge is 0.305 e. The van der Waals surface area contributed by atoms with E-state index in [0.29, 0.717) is 16.3 Å². The number of carbonyl (C=O) groups excluding carboxylic acids is 1. The van der Waals surface area contributed by atoms with Crippen molar-refractivity contribution in [2.45, 2.75) is 6.92 Å². The van der Waals surface area contributed by atoms with E-state index < -0.39 is 17.5 Å². The number of halogens is 4. The number of nitrogens with one attached hydrogen (secondary N) is 1. The molecule has 0 bridgehead atoms. The number of hydrogen-bond donors (Lipinski definition) is 1. The number of carbonyl (C=O) groups is 1. The summed E-state index contributed by atoms with van der Waals surface area (Å²) >= 11 is 11.7. The minimum absolute atomic E-state index is 0.0777. The first-order chi connectivity index (χ1) is 11.8. The normalized spacial score (nSPS) is 10.8. The molecule has 3 rings (SSSR count). The summed E-state index contributed by atoms with van der Waals surface area (Å²) in [4.78, 5) is 12.3. The Kier molecular flexibility index (Phi) is 4.74. The Morgan fingerprint density at radius 3 is 2.52 bits per heavy atom. The van der Waals surface area contributed by atoms with Gasteiger partial charge >= 0.3 is 0 Å². The van der Waals surface area contributed by atoms with Crippen molar-refractivity contribution in [3.05, 3.63) is 75.4 Å². The van der Waals surface area contributed by atoms with Gasteiger partial charge in [-0.15, -0.1) is 5.10 Å². The van der Waals surface area contributed by atoms with E-state index in [4.69, 9.17) is 23.2 Å². The van der Waals surface area contributed by atoms with Crippen LogP contribution in [0.1, 0.15) is 16.1 Å². The van der Waals surface area contributed by atoms with Crippen LogP contribution in [0.25, 0.3) is 5.69 Å². The Balaban J connectivity index is 1.87. The fourth-order valence-corrected chi connectivity index (χ4v) is 2.56. The lowest BCUT2D eigenvalue weighted by atomic mass is 10.2. The zero-order chi connectivity index (χ0) is 18.1. The molecule has 1 heterocycles. The molecule has 1 aromatic heterocycles. The molecule has 0 unspecified atom stereocenters. The van der Waals surface area contributed by atoms with Crippen LogP contribution < -0.4 is 5.32 Å². The molecule has 8 heteroatoms. The SMILES string of the molecule is Cc1cc(NC(=O)c2ccc(Cl)c(Cl)c2)nn1-c1ccc(F)cc1F. The first-order valence-electron chi connectivity index (χ1n) is 7.13. The quantitative estimate of drug-likeness (QED) is 0.692. The summed E-state index contributed by atoms with van der Waals surface area (Å²) in [5.74, 6) is -1.66. The highest BCUT2D eigenvalue weighted by molar-refractivity contribution is 6.42. The van der Waals surface area contributed by atoms with Crippen molar-refractivity contribution in [2.75, 3.05) is 5.32 Å². The van der Waals surface area contributed by atoms with Crippen molar-refractivity contribution >= 4 is 34.9 Å². The summed E-state index contributed by atoms with van der Waals surface area (Å²) in [6, 6.07) is 9.21. The van der Waals surface area contributed by atoms with Gasteiger partial charge in [-0.1, -0.05) is 23.2 Å². The highest BCUT2D eigenvalue weighted by Crippen LogP contribution is 2.23. The fraction of sp³-hybridized carbons (Fsp3) is 0.0588. The van der Waals surface area contributed by atoms with Gasteiger partial charge in [-0.2, -0.15) is 0 Å². The number of benzene rings is 2. The number of nitrogens with zero attached hydrogens (tertiary/aromatic N) is 2. The predicted octanol–water partition coefficient (Wildman–Crippen LogP) is 5.02. The van der Waals surface area contributed by atoms with E-state index in [9.17, 15) is 13.6 Å². The molecule has 0 saturated carbocycles. The molecule has 0 aliphatic rings. The molecule has 0 spiro atoms. The Bertz CT molecular complexity index is 973. The van der Waals surface area contributed by atoms with E-state index in [2.05, 4.69) is 10.4 Å². The molecule has 0 saturated heterocycles. The van der Waals surface area contributed by atoms with Gasteiger partial charge in [0, 0.05) is 23.4 Å². The van der Waals surface area contributed by atoms with E-state index in [1.54, 1.807) is 13.0 Å². The molecule has 1 amide bonds. The standard InChI is InChI=1S/C17H11Cl2F2N3O/c1-9-6-16(22-17(25)10-2-4-12(18)13(19)7-10)23-24(9)15-5-3-11(20)8-14(15)21/h2-8H,1H3,(H,22,23,25). The summed E-state index contributed by atoms with van der Waals surface area (Å²) in [5, 5.41) is 7.33. The highest BCUT2D eigenvalue weighted by Gasteiger charge is 2.14. The molecule has 0 aliphatic carbocycles. The molecule has 1 N–H and O–H groups in total. The minimum atomic E-state index is -0.756. The Labute approximate surface area is 152 Å². The maximum atomic E-state index is 13.9. The zero-order valence-electron chi connectivity index (χ0n) is 12.9. The monoisotopic (exact) mass is 381 g/mol. The van der Waals surface area contributed by atoms with E-state index in [1.807, 2.05) is 0 Å². The Morgan fingerprint density at radius 2 is 1.84 bits per heavy atom. The van der Waals surface area contributed by atoms with E-state index in [0.717, 1.165) is 12.1 Å². The van der Waals surface area contributed by atoms with Crippen molar-refractivity contribution in [2.24, 2.45) is 0 Å². The van der Waals surface area contributed by atoms with Crippen molar-refractivity contribution in [3.8, 4) is 5.69 Å². The Hall–Kier alpha value is -2.44. The molecule has 25 heavy (non-hydrogen) atoms. The lowest BCUT2D eigenvalue weighted by molar-refractivity contribution is 0.102. The number of rotatable bonds is 3. The van der Waals surface area contributed by atoms with Crippen molar-refractivity contribution < 1.29 is 13.6 Å². The minimum Gasteiger partial charge on any atom is -0.305 e. The summed E-state index contributed by atoms with van der Waals surface area (Å²) in [7, 11) is 0. The van der Waals surface area contributed by atoms with Gasteiger partial charge in [0.25, 0.3) is 5.91 Å². The van der Waals surface area contributed by atoms with Gasteiger partial charge < -0.3 is 5.32 Å². The van der Waals surface area contributed by atoms with Gasteiger partial charge in [-0.3, -0.25) is 4.79 Å². The lowest BCUT2D eigenvalue weighted by Crippen LogP contribution is -2.12. The van der Waals surface area contributed by atoms with Crippen LogP contribution in [0.2, 0.25) is 10.0 Å². The molecule has 3 aromatic rings. The van der Waals surface area contributed by atoms with Crippen LogP contribution in [0, 0.1) is 18.6 Å². The number of aryl methyl sites for hydroxylation is 1. The third-order valence-corrected chi connectivity index (χ3v) is 4.19. The summed E-state index contributed by atoms with van der Waals surface area (Å²) < 4.78 is 28.2. The first-order valence-corrected chi connectivity index (χ1v) is 7.89. The second-order valence-corrected chi connectivity index (χ2v) is 6.08. The number of aromatic nitrogens is 2. The average molecular weight is 382 g/mol. The fourth-order valence-electron chi connectivity index (χ4n) is 2.26. The van der Waals surface area contributed by atoms with Crippen LogP contribution in [0.15, 0.2) is 42.5 Å². The van der Waals surface area contributed by atoms with Gasteiger partial charge in [-0.25, -0.2) is 13.5 Å². The second-order valence-electron chi connectivity index (χ2n) is 5.26. The number of amides is 1. The zero-order valence-corrected chi connectivity index (χ0v) is 14.4. The molecule has 0 atom stereocenters. The topological polar surface area (TPSA) is 46.9 Å². The Morgan fingerprint density at radius 1 is 1.08 bits per heavy atom. The molecule has 0 aliphatic heterocycles. The van der Waals surface area contributed by atoms with Gasteiger partial charge in [0.15, 0.2) is 11.6 Å². The summed E-state index contributed by atoms with van der Waals surface area (Å²) in [6.45, 7) is 1.69. The van der Waals surface area contributed by atoms with Crippen molar-refractivity contribution in [3.63, 3.8) is 0 Å². The van der Waals surface area contributed by atoms with Crippen molar-refractivity contribution in [1.29, 1.82) is 0 Å². The molecule has 0 radical (unpaired) electrons. The van der Waals surface area contributed by atoms with Crippen LogP contribution in [-0.2, 0) is 0 Å². The highest BCUT2D eigenvalue weighted by atomic mass is 35.5. The average Bonchev–Trinajstić information content (AvgIpc) is 2.90. The molecule has 0 fully saturated rings. The van der Waals surface area contributed by atoms with Crippen LogP contribution in [0.3, 0.4) is 0 Å². The number of anilines is 1. The molecule has 4 nitrogen and oxygen atoms in total. The van der Waals surface area contributed by atoms with E-state index >= 15 is 0 Å².